The molecule has 1 aliphatic carbocycles. The van der Waals surface area contributed by atoms with Crippen molar-refractivity contribution in [2.24, 2.45) is 0 Å². The van der Waals surface area contributed by atoms with Gasteiger partial charge in [0.2, 0.25) is 0 Å². The lowest BCUT2D eigenvalue weighted by Crippen LogP contribution is -2.31. The number of allylic oxidation sites excluding steroid dienone is 2. The van der Waals surface area contributed by atoms with Crippen molar-refractivity contribution in [2.45, 2.75) is 32.2 Å². The van der Waals surface area contributed by atoms with Gasteiger partial charge in [-0.15, -0.1) is 0 Å². The molecule has 2 heteroatoms. The highest BCUT2D eigenvalue weighted by atomic mass is 32.2. The lowest BCUT2D eigenvalue weighted by Gasteiger charge is -2.25. The van der Waals surface area contributed by atoms with Gasteiger partial charge in [-0.3, -0.25) is 0 Å². The van der Waals surface area contributed by atoms with Crippen molar-refractivity contribution in [3.05, 3.63) is 23.9 Å². The Morgan fingerprint density at radius 3 is 2.85 bits per heavy atom. The highest BCUT2D eigenvalue weighted by molar-refractivity contribution is 7.98. The van der Waals surface area contributed by atoms with Crippen LogP contribution in [0.3, 0.4) is 0 Å². The molecule has 0 saturated heterocycles. The van der Waals surface area contributed by atoms with Crippen molar-refractivity contribution < 1.29 is 0 Å². The molecule has 0 aromatic rings. The van der Waals surface area contributed by atoms with E-state index in [2.05, 4.69) is 31.2 Å². The molecule has 0 aromatic carbocycles. The Hall–Kier alpha value is -0.370. The van der Waals surface area contributed by atoms with Gasteiger partial charge < -0.3 is 5.32 Å². The average molecular weight is 197 g/mol. The second kappa shape index (κ2) is 5.38. The molecule has 0 spiro atoms. The van der Waals surface area contributed by atoms with E-state index >= 15 is 0 Å². The van der Waals surface area contributed by atoms with Crippen LogP contribution in [0, 0.1) is 0 Å². The fourth-order valence-corrected chi connectivity index (χ4v) is 1.79. The Bertz CT molecular complexity index is 208. The van der Waals surface area contributed by atoms with Crippen molar-refractivity contribution in [3.8, 4) is 0 Å². The van der Waals surface area contributed by atoms with Crippen LogP contribution in [0.25, 0.3) is 0 Å². The number of thioether (sulfide) groups is 1. The smallest absolute Gasteiger partial charge is 0.0473 e. The van der Waals surface area contributed by atoms with Gasteiger partial charge in [-0.1, -0.05) is 18.2 Å². The molecule has 0 aromatic heterocycles. The topological polar surface area (TPSA) is 12.0 Å². The molecule has 1 aliphatic rings. The Labute approximate surface area is 85.7 Å². The predicted octanol–water partition coefficient (Wildman–Crippen LogP) is 2.95. The highest BCUT2D eigenvalue weighted by Gasteiger charge is 2.12. The van der Waals surface area contributed by atoms with E-state index in [4.69, 9.17) is 0 Å². The number of hydrogen-bond donors (Lipinski definition) is 1. The Morgan fingerprint density at radius 2 is 2.46 bits per heavy atom. The summed E-state index contributed by atoms with van der Waals surface area (Å²) in [4.78, 5) is 0. The fourth-order valence-electron chi connectivity index (χ4n) is 1.32. The van der Waals surface area contributed by atoms with Crippen molar-refractivity contribution in [1.29, 1.82) is 0 Å². The summed E-state index contributed by atoms with van der Waals surface area (Å²) < 4.78 is 0. The molecule has 1 rings (SSSR count). The maximum atomic E-state index is 4.02. The summed E-state index contributed by atoms with van der Waals surface area (Å²) in [6.07, 6.45) is 8.08. The lowest BCUT2D eigenvalue weighted by atomic mass is 10.0. The minimum absolute atomic E-state index is 0.485. The maximum Gasteiger partial charge on any atom is 0.0473 e. The molecule has 74 valence electrons. The quantitative estimate of drug-likeness (QED) is 0.657. The summed E-state index contributed by atoms with van der Waals surface area (Å²) in [6.45, 7) is 6.13. The van der Waals surface area contributed by atoms with E-state index in [9.17, 15) is 0 Å². The van der Waals surface area contributed by atoms with Crippen molar-refractivity contribution in [1.82, 2.24) is 5.32 Å². The first kappa shape index (κ1) is 10.7. The molecule has 0 saturated carbocycles. The zero-order valence-electron chi connectivity index (χ0n) is 8.60. The second-order valence-corrected chi connectivity index (χ2v) is 4.58. The van der Waals surface area contributed by atoms with E-state index < -0.39 is 0 Å². The molecule has 0 fully saturated rings. The van der Waals surface area contributed by atoms with Crippen LogP contribution in [0.5, 0.6) is 0 Å². The third-order valence-corrected chi connectivity index (χ3v) is 3.01. The SMILES string of the molecule is C=C(C)[C@H](CCSC)NC1=CCC1. The normalized spacial score (nSPS) is 17.2. The summed E-state index contributed by atoms with van der Waals surface area (Å²) >= 11 is 1.90. The van der Waals surface area contributed by atoms with Crippen LogP contribution in [0.2, 0.25) is 0 Å². The standard InChI is InChI=1S/C11H19NS/c1-9(2)11(7-8-13-3)12-10-5-4-6-10/h5,11-12H,1,4,6-8H2,2-3H3/t11-/m0/s1. The number of nitrogens with one attached hydrogen (secondary N) is 1. The summed E-state index contributed by atoms with van der Waals surface area (Å²) in [5.74, 6) is 1.21. The van der Waals surface area contributed by atoms with Gasteiger partial charge in [0.25, 0.3) is 0 Å². The zero-order valence-corrected chi connectivity index (χ0v) is 9.41. The monoisotopic (exact) mass is 197 g/mol. The average Bonchev–Trinajstić information content (AvgIpc) is 2.01. The van der Waals surface area contributed by atoms with E-state index in [-0.39, 0.29) is 0 Å². The van der Waals surface area contributed by atoms with E-state index in [0.29, 0.717) is 6.04 Å². The second-order valence-electron chi connectivity index (χ2n) is 3.59. The molecule has 0 heterocycles. The van der Waals surface area contributed by atoms with Crippen LogP contribution in [0.1, 0.15) is 26.2 Å². The van der Waals surface area contributed by atoms with E-state index in [1.54, 1.807) is 0 Å². The van der Waals surface area contributed by atoms with Crippen molar-refractivity contribution in [3.63, 3.8) is 0 Å². The van der Waals surface area contributed by atoms with Gasteiger partial charge in [0, 0.05) is 11.7 Å². The minimum Gasteiger partial charge on any atom is -0.382 e. The number of rotatable bonds is 6. The van der Waals surface area contributed by atoms with Crippen LogP contribution < -0.4 is 5.32 Å². The Morgan fingerprint density at radius 1 is 1.77 bits per heavy atom. The fraction of sp³-hybridized carbons (Fsp3) is 0.636. The summed E-state index contributed by atoms with van der Waals surface area (Å²) in [5, 5.41) is 3.54. The number of hydrogen-bond acceptors (Lipinski definition) is 2. The lowest BCUT2D eigenvalue weighted by molar-refractivity contribution is 0.583. The van der Waals surface area contributed by atoms with Gasteiger partial charge in [-0.2, -0.15) is 11.8 Å². The molecule has 0 radical (unpaired) electrons. The van der Waals surface area contributed by atoms with E-state index in [1.807, 2.05) is 11.8 Å². The molecule has 1 nitrogen and oxygen atoms in total. The first-order valence-electron chi connectivity index (χ1n) is 4.84. The van der Waals surface area contributed by atoms with Crippen LogP contribution in [0.15, 0.2) is 23.9 Å². The third kappa shape index (κ3) is 3.47. The van der Waals surface area contributed by atoms with Crippen LogP contribution in [0.4, 0.5) is 0 Å². The first-order valence-corrected chi connectivity index (χ1v) is 6.23. The van der Waals surface area contributed by atoms with Gasteiger partial charge in [0.15, 0.2) is 0 Å². The van der Waals surface area contributed by atoms with Crippen LogP contribution in [-0.2, 0) is 0 Å². The Kier molecular flexibility index (Phi) is 4.43. The van der Waals surface area contributed by atoms with Crippen LogP contribution in [-0.4, -0.2) is 18.1 Å². The van der Waals surface area contributed by atoms with Crippen LogP contribution >= 0.6 is 11.8 Å². The molecule has 1 N–H and O–H groups in total. The minimum atomic E-state index is 0.485. The molecule has 13 heavy (non-hydrogen) atoms. The molecular formula is C11H19NS. The summed E-state index contributed by atoms with van der Waals surface area (Å²) in [6, 6.07) is 0.485. The van der Waals surface area contributed by atoms with E-state index in [0.717, 1.165) is 0 Å². The van der Waals surface area contributed by atoms with Crippen molar-refractivity contribution >= 4 is 11.8 Å². The first-order chi connectivity index (χ1) is 6.24. The molecule has 0 aliphatic heterocycles. The van der Waals surface area contributed by atoms with Gasteiger partial charge in [0.05, 0.1) is 0 Å². The summed E-state index contributed by atoms with van der Waals surface area (Å²) in [7, 11) is 0. The molecule has 1 atom stereocenters. The van der Waals surface area contributed by atoms with Gasteiger partial charge in [-0.05, 0) is 38.2 Å². The van der Waals surface area contributed by atoms with E-state index in [1.165, 1.54) is 36.3 Å². The Balaban J connectivity index is 2.32. The van der Waals surface area contributed by atoms with Gasteiger partial charge >= 0.3 is 0 Å². The van der Waals surface area contributed by atoms with Crippen molar-refractivity contribution in [2.75, 3.05) is 12.0 Å². The maximum absolute atomic E-state index is 4.02. The summed E-state index contributed by atoms with van der Waals surface area (Å²) in [5.41, 5.74) is 2.66. The molecule has 0 amide bonds. The highest BCUT2D eigenvalue weighted by Crippen LogP contribution is 2.18. The molecular weight excluding hydrogens is 178 g/mol. The van der Waals surface area contributed by atoms with Gasteiger partial charge in [0.1, 0.15) is 0 Å². The largest absolute Gasteiger partial charge is 0.382 e. The molecule has 0 bridgehead atoms. The van der Waals surface area contributed by atoms with Gasteiger partial charge in [-0.25, -0.2) is 0 Å². The third-order valence-electron chi connectivity index (χ3n) is 2.37. The molecule has 0 unspecified atom stereocenters. The predicted molar refractivity (Wildman–Crippen MR) is 62.1 cm³/mol. The zero-order chi connectivity index (χ0) is 9.68.